The largest absolute Gasteiger partial charge is 0.387 e. The maximum atomic E-state index is 13.6. The fraction of sp³-hybridized carbons (Fsp3) is 0.222. The van der Waals surface area contributed by atoms with Crippen LogP contribution in [0.2, 0.25) is 0 Å². The second-order valence-corrected chi connectivity index (χ2v) is 5.74. The summed E-state index contributed by atoms with van der Waals surface area (Å²) in [7, 11) is 0. The van der Waals surface area contributed by atoms with E-state index in [1.54, 1.807) is 11.0 Å². The highest BCUT2D eigenvalue weighted by Crippen LogP contribution is 2.20. The van der Waals surface area contributed by atoms with Gasteiger partial charge in [0.25, 0.3) is 0 Å². The quantitative estimate of drug-likeness (QED) is 0.722. The van der Waals surface area contributed by atoms with Gasteiger partial charge < -0.3 is 10.4 Å². The van der Waals surface area contributed by atoms with E-state index in [1.165, 1.54) is 12.4 Å². The van der Waals surface area contributed by atoms with Crippen LogP contribution in [0.25, 0.3) is 5.69 Å². The van der Waals surface area contributed by atoms with Crippen LogP contribution in [0.15, 0.2) is 49.1 Å². The molecule has 2 aromatic carbocycles. The van der Waals surface area contributed by atoms with Crippen LogP contribution in [-0.2, 0) is 6.54 Å². The van der Waals surface area contributed by atoms with Crippen molar-refractivity contribution < 1.29 is 13.9 Å². The van der Waals surface area contributed by atoms with E-state index >= 15 is 0 Å². The van der Waals surface area contributed by atoms with E-state index in [0.717, 1.165) is 28.9 Å². The van der Waals surface area contributed by atoms with E-state index in [-0.39, 0.29) is 12.1 Å². The molecule has 7 heteroatoms. The van der Waals surface area contributed by atoms with E-state index in [1.807, 2.05) is 25.1 Å². The van der Waals surface area contributed by atoms with Gasteiger partial charge in [-0.05, 0) is 36.2 Å². The third kappa shape index (κ3) is 3.89. The molecule has 3 aromatic rings. The number of aromatic nitrogens is 3. The number of benzene rings is 2. The Kier molecular flexibility index (Phi) is 5.16. The van der Waals surface area contributed by atoms with Gasteiger partial charge in [-0.15, -0.1) is 0 Å². The number of halogens is 2. The summed E-state index contributed by atoms with van der Waals surface area (Å²) >= 11 is 0. The van der Waals surface area contributed by atoms with Gasteiger partial charge in [0.15, 0.2) is 0 Å². The number of hydrogen-bond acceptors (Lipinski definition) is 4. The van der Waals surface area contributed by atoms with Crippen molar-refractivity contribution in [1.82, 2.24) is 20.1 Å². The molecule has 0 aliphatic heterocycles. The van der Waals surface area contributed by atoms with Crippen LogP contribution in [0.1, 0.15) is 22.8 Å². The molecule has 0 bridgehead atoms. The predicted octanol–water partition coefficient (Wildman–Crippen LogP) is 2.68. The molecule has 0 radical (unpaired) electrons. The minimum atomic E-state index is -1.25. The van der Waals surface area contributed by atoms with Crippen molar-refractivity contribution in [3.05, 3.63) is 77.4 Å². The van der Waals surface area contributed by atoms with E-state index in [4.69, 9.17) is 0 Å². The van der Waals surface area contributed by atoms with Gasteiger partial charge in [0.1, 0.15) is 24.3 Å². The fourth-order valence-corrected chi connectivity index (χ4v) is 2.70. The molecule has 5 nitrogen and oxygen atoms in total. The first-order chi connectivity index (χ1) is 12.1. The summed E-state index contributed by atoms with van der Waals surface area (Å²) < 4.78 is 29.0. The van der Waals surface area contributed by atoms with Crippen molar-refractivity contribution in [3.63, 3.8) is 0 Å². The standard InChI is InChI=1S/C18H18F2N4O/c1-12-7-13(5-6-16(12)24-11-22-10-23-24)8-21-9-17(25)18-14(19)3-2-4-15(18)20/h2-7,10-11,17,21,25H,8-9H2,1H3. The van der Waals surface area contributed by atoms with E-state index in [9.17, 15) is 13.9 Å². The molecule has 25 heavy (non-hydrogen) atoms. The topological polar surface area (TPSA) is 63.0 Å². The second-order valence-electron chi connectivity index (χ2n) is 5.74. The van der Waals surface area contributed by atoms with Crippen LogP contribution in [0.3, 0.4) is 0 Å². The molecule has 2 N–H and O–H groups in total. The van der Waals surface area contributed by atoms with Gasteiger partial charge in [-0.1, -0.05) is 18.2 Å². The molecule has 1 heterocycles. The van der Waals surface area contributed by atoms with Crippen LogP contribution < -0.4 is 5.32 Å². The number of rotatable bonds is 6. The molecule has 3 rings (SSSR count). The zero-order valence-electron chi connectivity index (χ0n) is 13.7. The van der Waals surface area contributed by atoms with Gasteiger partial charge in [0, 0.05) is 13.1 Å². The normalized spacial score (nSPS) is 12.3. The van der Waals surface area contributed by atoms with Crippen LogP contribution >= 0.6 is 0 Å². The third-order valence-electron chi connectivity index (χ3n) is 3.93. The minimum absolute atomic E-state index is 0.0434. The first kappa shape index (κ1) is 17.2. The number of aliphatic hydroxyl groups excluding tert-OH is 1. The lowest BCUT2D eigenvalue weighted by atomic mass is 10.1. The third-order valence-corrected chi connectivity index (χ3v) is 3.93. The maximum absolute atomic E-state index is 13.6. The van der Waals surface area contributed by atoms with Gasteiger partial charge in [0.2, 0.25) is 0 Å². The molecule has 0 fully saturated rings. The summed E-state index contributed by atoms with van der Waals surface area (Å²) in [5.41, 5.74) is 2.62. The number of hydrogen-bond donors (Lipinski definition) is 2. The average Bonchev–Trinajstić information content (AvgIpc) is 3.09. The Balaban J connectivity index is 1.62. The first-order valence-corrected chi connectivity index (χ1v) is 7.83. The Morgan fingerprint density at radius 2 is 1.96 bits per heavy atom. The molecule has 1 unspecified atom stereocenters. The SMILES string of the molecule is Cc1cc(CNCC(O)c2c(F)cccc2F)ccc1-n1cncn1. The zero-order valence-corrected chi connectivity index (χ0v) is 13.7. The number of nitrogens with zero attached hydrogens (tertiary/aromatic N) is 3. The molecule has 0 saturated heterocycles. The van der Waals surface area contributed by atoms with E-state index in [0.29, 0.717) is 6.54 Å². The first-order valence-electron chi connectivity index (χ1n) is 7.83. The Morgan fingerprint density at radius 1 is 1.20 bits per heavy atom. The Hall–Kier alpha value is -2.64. The van der Waals surface area contributed by atoms with Gasteiger partial charge in [0.05, 0.1) is 17.4 Å². The summed E-state index contributed by atoms with van der Waals surface area (Å²) in [5.74, 6) is -1.50. The molecule has 0 aliphatic carbocycles. The van der Waals surface area contributed by atoms with Crippen molar-refractivity contribution >= 4 is 0 Å². The van der Waals surface area contributed by atoms with Gasteiger partial charge >= 0.3 is 0 Å². The Labute approximate surface area is 144 Å². The highest BCUT2D eigenvalue weighted by molar-refractivity contribution is 5.41. The molecule has 1 atom stereocenters. The molecular formula is C18H18F2N4O. The van der Waals surface area contributed by atoms with Crippen LogP contribution in [0, 0.1) is 18.6 Å². The zero-order chi connectivity index (χ0) is 17.8. The van der Waals surface area contributed by atoms with Crippen molar-refractivity contribution in [2.75, 3.05) is 6.54 Å². The van der Waals surface area contributed by atoms with Crippen molar-refractivity contribution in [2.45, 2.75) is 19.6 Å². The fourth-order valence-electron chi connectivity index (χ4n) is 2.70. The highest BCUT2D eigenvalue weighted by Gasteiger charge is 2.17. The maximum Gasteiger partial charge on any atom is 0.138 e. The Bertz CT molecular complexity index is 832. The van der Waals surface area contributed by atoms with Gasteiger partial charge in [-0.2, -0.15) is 5.10 Å². The number of nitrogens with one attached hydrogen (secondary N) is 1. The van der Waals surface area contributed by atoms with Crippen molar-refractivity contribution in [1.29, 1.82) is 0 Å². The van der Waals surface area contributed by atoms with Gasteiger partial charge in [-0.25, -0.2) is 18.4 Å². The highest BCUT2D eigenvalue weighted by atomic mass is 19.1. The number of aryl methyl sites for hydroxylation is 1. The molecule has 0 aliphatic rings. The molecule has 0 spiro atoms. The summed E-state index contributed by atoms with van der Waals surface area (Å²) in [6.07, 6.45) is 1.84. The van der Waals surface area contributed by atoms with Crippen molar-refractivity contribution in [3.8, 4) is 5.69 Å². The molecular weight excluding hydrogens is 326 g/mol. The van der Waals surface area contributed by atoms with E-state index < -0.39 is 17.7 Å². The molecule has 130 valence electrons. The summed E-state index contributed by atoms with van der Waals surface area (Å²) in [5, 5.41) is 17.1. The molecule has 0 amide bonds. The Morgan fingerprint density at radius 3 is 2.60 bits per heavy atom. The summed E-state index contributed by atoms with van der Waals surface area (Å²) in [6.45, 7) is 2.47. The van der Waals surface area contributed by atoms with Crippen LogP contribution in [0.5, 0.6) is 0 Å². The minimum Gasteiger partial charge on any atom is -0.387 e. The lowest BCUT2D eigenvalue weighted by Gasteiger charge is -2.14. The van der Waals surface area contributed by atoms with Crippen molar-refractivity contribution in [2.24, 2.45) is 0 Å². The molecule has 0 saturated carbocycles. The van der Waals surface area contributed by atoms with E-state index in [2.05, 4.69) is 15.4 Å². The van der Waals surface area contributed by atoms with Gasteiger partial charge in [-0.3, -0.25) is 0 Å². The lowest BCUT2D eigenvalue weighted by molar-refractivity contribution is 0.164. The second kappa shape index (κ2) is 7.50. The lowest BCUT2D eigenvalue weighted by Crippen LogP contribution is -2.22. The predicted molar refractivity (Wildman–Crippen MR) is 89.1 cm³/mol. The summed E-state index contributed by atoms with van der Waals surface area (Å²) in [4.78, 5) is 3.92. The monoisotopic (exact) mass is 344 g/mol. The number of aliphatic hydroxyl groups is 1. The van der Waals surface area contributed by atoms with Crippen LogP contribution in [-0.4, -0.2) is 26.4 Å². The summed E-state index contributed by atoms with van der Waals surface area (Å²) in [6, 6.07) is 9.37. The smallest absolute Gasteiger partial charge is 0.138 e. The average molecular weight is 344 g/mol. The molecule has 1 aromatic heterocycles. The van der Waals surface area contributed by atoms with Crippen LogP contribution in [0.4, 0.5) is 8.78 Å².